The van der Waals surface area contributed by atoms with Crippen LogP contribution in [-0.4, -0.2) is 38.0 Å². The lowest BCUT2D eigenvalue weighted by atomic mass is 10.1. The van der Waals surface area contributed by atoms with Gasteiger partial charge in [-0.2, -0.15) is 0 Å². The van der Waals surface area contributed by atoms with E-state index >= 15 is 0 Å². The molecule has 2 rings (SSSR count). The number of hydrogen-bond donors (Lipinski definition) is 3. The zero-order valence-corrected chi connectivity index (χ0v) is 18.5. The summed E-state index contributed by atoms with van der Waals surface area (Å²) < 4.78 is 13.2. The molecule has 0 fully saturated rings. The number of guanidine groups is 1. The highest BCUT2D eigenvalue weighted by Gasteiger charge is 2.04. The molecule has 0 aliphatic heterocycles. The lowest BCUT2D eigenvalue weighted by molar-refractivity contribution is 0.0957. The van der Waals surface area contributed by atoms with Gasteiger partial charge in [0.15, 0.2) is 5.96 Å². The minimum absolute atomic E-state index is 0. The van der Waals surface area contributed by atoms with Gasteiger partial charge < -0.3 is 16.0 Å². The SMILES string of the molecule is CCNC(=NCCCNC(=O)c1cccs1)NCCc1cccc(F)c1.I. The molecule has 3 N–H and O–H groups in total. The predicted molar refractivity (Wildman–Crippen MR) is 121 cm³/mol. The number of carbonyl (C=O) groups excluding carboxylic acids is 1. The maximum Gasteiger partial charge on any atom is 0.261 e. The highest BCUT2D eigenvalue weighted by molar-refractivity contribution is 14.0. The first-order valence-corrected chi connectivity index (χ1v) is 9.65. The van der Waals surface area contributed by atoms with E-state index in [1.807, 2.05) is 30.5 Å². The summed E-state index contributed by atoms with van der Waals surface area (Å²) in [5.41, 5.74) is 0.949. The Balaban J connectivity index is 0.00000364. The monoisotopic (exact) mass is 504 g/mol. The molecule has 0 unspecified atom stereocenters. The Morgan fingerprint density at radius 2 is 2.00 bits per heavy atom. The van der Waals surface area contributed by atoms with E-state index in [4.69, 9.17) is 0 Å². The first kappa shape index (κ1) is 23.4. The number of aliphatic imine (C=N–C) groups is 1. The smallest absolute Gasteiger partial charge is 0.261 e. The topological polar surface area (TPSA) is 65.5 Å². The minimum Gasteiger partial charge on any atom is -0.357 e. The summed E-state index contributed by atoms with van der Waals surface area (Å²) in [5, 5.41) is 11.2. The summed E-state index contributed by atoms with van der Waals surface area (Å²) in [4.78, 5) is 17.0. The quantitative estimate of drug-likeness (QED) is 0.212. The zero-order chi connectivity index (χ0) is 18.6. The molecule has 0 saturated carbocycles. The molecule has 1 aromatic heterocycles. The second-order valence-electron chi connectivity index (χ2n) is 5.65. The van der Waals surface area contributed by atoms with Crippen molar-refractivity contribution in [3.8, 4) is 0 Å². The van der Waals surface area contributed by atoms with Gasteiger partial charge in [0.2, 0.25) is 0 Å². The summed E-state index contributed by atoms with van der Waals surface area (Å²) in [5.74, 6) is 0.477. The van der Waals surface area contributed by atoms with Crippen molar-refractivity contribution >= 4 is 47.2 Å². The molecule has 1 amide bonds. The lowest BCUT2D eigenvalue weighted by Gasteiger charge is -2.11. The van der Waals surface area contributed by atoms with Gasteiger partial charge in [0.25, 0.3) is 5.91 Å². The average Bonchev–Trinajstić information content (AvgIpc) is 3.16. The van der Waals surface area contributed by atoms with Gasteiger partial charge in [0, 0.05) is 26.2 Å². The maximum absolute atomic E-state index is 13.2. The Kier molecular flexibility index (Phi) is 11.7. The Labute approximate surface area is 180 Å². The van der Waals surface area contributed by atoms with E-state index in [-0.39, 0.29) is 35.7 Å². The number of nitrogens with zero attached hydrogens (tertiary/aromatic N) is 1. The number of thiophene rings is 1. The normalized spacial score (nSPS) is 10.8. The van der Waals surface area contributed by atoms with Crippen molar-refractivity contribution in [1.29, 1.82) is 0 Å². The van der Waals surface area contributed by atoms with E-state index in [0.717, 1.165) is 35.8 Å². The van der Waals surface area contributed by atoms with Gasteiger partial charge in [-0.3, -0.25) is 9.79 Å². The van der Waals surface area contributed by atoms with E-state index < -0.39 is 0 Å². The molecule has 0 aliphatic rings. The lowest BCUT2D eigenvalue weighted by Crippen LogP contribution is -2.38. The van der Waals surface area contributed by atoms with Gasteiger partial charge in [-0.05, 0) is 48.9 Å². The van der Waals surface area contributed by atoms with E-state index in [2.05, 4.69) is 20.9 Å². The van der Waals surface area contributed by atoms with Crippen LogP contribution in [0.15, 0.2) is 46.8 Å². The molecule has 8 heteroatoms. The summed E-state index contributed by atoms with van der Waals surface area (Å²) >= 11 is 1.43. The molecule has 148 valence electrons. The summed E-state index contributed by atoms with van der Waals surface area (Å²) in [6.07, 6.45) is 1.48. The first-order valence-electron chi connectivity index (χ1n) is 8.77. The fraction of sp³-hybridized carbons (Fsp3) is 0.368. The van der Waals surface area contributed by atoms with Gasteiger partial charge in [-0.15, -0.1) is 35.3 Å². The van der Waals surface area contributed by atoms with Crippen LogP contribution in [0.25, 0.3) is 0 Å². The molecular weight excluding hydrogens is 478 g/mol. The Bertz CT molecular complexity index is 709. The molecule has 1 aromatic carbocycles. The molecule has 0 spiro atoms. The summed E-state index contributed by atoms with van der Waals surface area (Å²) in [6, 6.07) is 10.3. The zero-order valence-electron chi connectivity index (χ0n) is 15.3. The van der Waals surface area contributed by atoms with Crippen molar-refractivity contribution in [2.24, 2.45) is 4.99 Å². The van der Waals surface area contributed by atoms with Crippen LogP contribution >= 0.6 is 35.3 Å². The number of rotatable bonds is 9. The molecule has 0 radical (unpaired) electrons. The van der Waals surface area contributed by atoms with Crippen molar-refractivity contribution < 1.29 is 9.18 Å². The van der Waals surface area contributed by atoms with E-state index in [1.165, 1.54) is 17.4 Å². The second-order valence-corrected chi connectivity index (χ2v) is 6.60. The summed E-state index contributed by atoms with van der Waals surface area (Å²) in [6.45, 7) is 4.64. The second kappa shape index (κ2) is 13.5. The standard InChI is InChI=1S/C19H25FN4OS.HI/c1-2-21-19(24-12-9-15-6-3-7-16(20)14-15)23-11-5-10-22-18(25)17-8-4-13-26-17;/h3-4,6-8,13-14H,2,5,9-12H2,1H3,(H,22,25)(H2,21,23,24);1H. The number of hydrogen-bond acceptors (Lipinski definition) is 3. The van der Waals surface area contributed by atoms with Crippen LogP contribution in [0.5, 0.6) is 0 Å². The Morgan fingerprint density at radius 1 is 1.15 bits per heavy atom. The highest BCUT2D eigenvalue weighted by atomic mass is 127. The van der Waals surface area contributed by atoms with Gasteiger partial charge in [0.1, 0.15) is 5.82 Å². The number of nitrogens with one attached hydrogen (secondary N) is 3. The fourth-order valence-corrected chi connectivity index (χ4v) is 2.97. The van der Waals surface area contributed by atoms with Crippen LogP contribution in [0.2, 0.25) is 0 Å². The molecule has 27 heavy (non-hydrogen) atoms. The molecule has 1 heterocycles. The van der Waals surface area contributed by atoms with E-state index in [1.54, 1.807) is 12.1 Å². The summed E-state index contributed by atoms with van der Waals surface area (Å²) in [7, 11) is 0. The van der Waals surface area contributed by atoms with Gasteiger partial charge in [-0.1, -0.05) is 18.2 Å². The average molecular weight is 504 g/mol. The molecular formula is C19H26FIN4OS. The Hall–Kier alpha value is -1.68. The highest BCUT2D eigenvalue weighted by Crippen LogP contribution is 2.07. The van der Waals surface area contributed by atoms with Crippen LogP contribution in [0.1, 0.15) is 28.6 Å². The van der Waals surface area contributed by atoms with Gasteiger partial charge >= 0.3 is 0 Å². The third kappa shape index (κ3) is 9.18. The van der Waals surface area contributed by atoms with Crippen molar-refractivity contribution in [3.05, 3.63) is 58.0 Å². The van der Waals surface area contributed by atoms with Crippen LogP contribution in [0.4, 0.5) is 4.39 Å². The molecule has 0 saturated heterocycles. The minimum atomic E-state index is -0.215. The van der Waals surface area contributed by atoms with Gasteiger partial charge in [-0.25, -0.2) is 4.39 Å². The number of benzene rings is 1. The molecule has 5 nitrogen and oxygen atoms in total. The first-order chi connectivity index (χ1) is 12.7. The third-order valence-corrected chi connectivity index (χ3v) is 4.44. The molecule has 0 bridgehead atoms. The van der Waals surface area contributed by atoms with E-state index in [0.29, 0.717) is 19.6 Å². The largest absolute Gasteiger partial charge is 0.357 e. The number of carbonyl (C=O) groups is 1. The molecule has 0 atom stereocenters. The molecule has 2 aromatic rings. The maximum atomic E-state index is 13.2. The Morgan fingerprint density at radius 3 is 2.70 bits per heavy atom. The van der Waals surface area contributed by atoms with Crippen LogP contribution < -0.4 is 16.0 Å². The van der Waals surface area contributed by atoms with Crippen LogP contribution in [-0.2, 0) is 6.42 Å². The van der Waals surface area contributed by atoms with Crippen LogP contribution in [0, 0.1) is 5.82 Å². The predicted octanol–water partition coefficient (Wildman–Crippen LogP) is 3.42. The van der Waals surface area contributed by atoms with Crippen LogP contribution in [0.3, 0.4) is 0 Å². The number of halogens is 2. The van der Waals surface area contributed by atoms with E-state index in [9.17, 15) is 9.18 Å². The van der Waals surface area contributed by atoms with Crippen molar-refractivity contribution in [3.63, 3.8) is 0 Å². The fourth-order valence-electron chi connectivity index (χ4n) is 2.33. The van der Waals surface area contributed by atoms with Crippen molar-refractivity contribution in [2.75, 3.05) is 26.2 Å². The third-order valence-electron chi connectivity index (χ3n) is 3.57. The van der Waals surface area contributed by atoms with Gasteiger partial charge in [0.05, 0.1) is 4.88 Å². The molecule has 0 aliphatic carbocycles. The van der Waals surface area contributed by atoms with Crippen molar-refractivity contribution in [2.45, 2.75) is 19.8 Å². The van der Waals surface area contributed by atoms with Crippen molar-refractivity contribution in [1.82, 2.24) is 16.0 Å². The number of amides is 1.